The molecule has 1 atom stereocenters. The Kier molecular flexibility index (Phi) is 3.78. The fraction of sp³-hybridized carbons (Fsp3) is 0.667. The highest BCUT2D eigenvalue weighted by Gasteiger charge is 2.25. The third-order valence-electron chi connectivity index (χ3n) is 3.16. The molecule has 0 aromatic carbocycles. The number of hydrogen-bond donors (Lipinski definition) is 2. The number of aromatic nitrogens is 2. The quantitative estimate of drug-likeness (QED) is 0.776. The van der Waals surface area contributed by atoms with Crippen LogP contribution in [0.4, 0.5) is 5.82 Å². The van der Waals surface area contributed by atoms with Gasteiger partial charge in [0.25, 0.3) is 5.56 Å². The second-order valence-electron chi connectivity index (χ2n) is 4.55. The maximum atomic E-state index is 12.1. The summed E-state index contributed by atoms with van der Waals surface area (Å²) in [6.45, 7) is 2.70. The summed E-state index contributed by atoms with van der Waals surface area (Å²) >= 11 is 0. The third-order valence-corrected chi connectivity index (χ3v) is 3.16. The molecule has 0 saturated heterocycles. The van der Waals surface area contributed by atoms with E-state index in [0.29, 0.717) is 18.4 Å². The summed E-state index contributed by atoms with van der Waals surface area (Å²) in [5.41, 5.74) is 5.53. The molecule has 1 aliphatic rings. The Morgan fingerprint density at radius 2 is 2.41 bits per heavy atom. The second-order valence-corrected chi connectivity index (χ2v) is 4.55. The first-order valence-electron chi connectivity index (χ1n) is 6.30. The zero-order valence-corrected chi connectivity index (χ0v) is 10.2. The van der Waals surface area contributed by atoms with Crippen LogP contribution in [0.25, 0.3) is 0 Å². The minimum absolute atomic E-state index is 0.00882. The molecule has 5 heteroatoms. The summed E-state index contributed by atoms with van der Waals surface area (Å²) in [5.74, 6) is 0.458. The number of anilines is 1. The molecular weight excluding hydrogens is 216 g/mol. The molecule has 0 bridgehead atoms. The molecule has 0 aliphatic heterocycles. The minimum Gasteiger partial charge on any atom is -0.363 e. The van der Waals surface area contributed by atoms with Crippen molar-refractivity contribution in [2.45, 2.75) is 44.7 Å². The average Bonchev–Trinajstić information content (AvgIpc) is 3.15. The van der Waals surface area contributed by atoms with Gasteiger partial charge in [0.05, 0.1) is 0 Å². The first-order valence-corrected chi connectivity index (χ1v) is 6.30. The maximum absolute atomic E-state index is 12.1. The van der Waals surface area contributed by atoms with Gasteiger partial charge >= 0.3 is 0 Å². The number of nitrogens with zero attached hydrogens (tertiary/aromatic N) is 2. The Morgan fingerprint density at radius 3 is 3.00 bits per heavy atom. The largest absolute Gasteiger partial charge is 0.363 e. The Labute approximate surface area is 101 Å². The van der Waals surface area contributed by atoms with Gasteiger partial charge in [0.15, 0.2) is 5.82 Å². The highest BCUT2D eigenvalue weighted by atomic mass is 16.1. The lowest BCUT2D eigenvalue weighted by molar-refractivity contribution is 0.631. The summed E-state index contributed by atoms with van der Waals surface area (Å²) in [5, 5.41) is 3.20. The zero-order chi connectivity index (χ0) is 12.3. The van der Waals surface area contributed by atoms with Crippen LogP contribution in [-0.4, -0.2) is 22.1 Å². The first kappa shape index (κ1) is 12.1. The van der Waals surface area contributed by atoms with Crippen molar-refractivity contribution in [1.82, 2.24) is 9.55 Å². The summed E-state index contributed by atoms with van der Waals surface area (Å²) < 4.78 is 1.78. The van der Waals surface area contributed by atoms with Gasteiger partial charge in [-0.25, -0.2) is 4.98 Å². The number of nitrogens with two attached hydrogens (primary N) is 1. The van der Waals surface area contributed by atoms with E-state index in [1.165, 1.54) is 0 Å². The molecule has 5 nitrogen and oxygen atoms in total. The van der Waals surface area contributed by atoms with Crippen LogP contribution >= 0.6 is 0 Å². The van der Waals surface area contributed by atoms with Crippen molar-refractivity contribution < 1.29 is 0 Å². The van der Waals surface area contributed by atoms with E-state index in [9.17, 15) is 4.79 Å². The van der Waals surface area contributed by atoms with Crippen LogP contribution in [-0.2, 0) is 0 Å². The van der Waals surface area contributed by atoms with E-state index in [-0.39, 0.29) is 11.6 Å². The standard InChI is InChI=1S/C12H20N4O/c1-2-9(5-6-13)15-11-12(17)16(8-7-14-11)10-3-4-10/h7-10H,2-6,13H2,1H3,(H,14,15). The molecular formula is C12H20N4O. The second kappa shape index (κ2) is 5.31. The normalized spacial score (nSPS) is 16.8. The van der Waals surface area contributed by atoms with E-state index in [1.54, 1.807) is 17.0 Å². The van der Waals surface area contributed by atoms with Crippen molar-refractivity contribution in [1.29, 1.82) is 0 Å². The van der Waals surface area contributed by atoms with Gasteiger partial charge in [0.1, 0.15) is 0 Å². The van der Waals surface area contributed by atoms with E-state index < -0.39 is 0 Å². The lowest BCUT2D eigenvalue weighted by atomic mass is 10.1. The van der Waals surface area contributed by atoms with Crippen molar-refractivity contribution in [2.24, 2.45) is 5.73 Å². The van der Waals surface area contributed by atoms with Gasteiger partial charge in [-0.1, -0.05) is 6.92 Å². The van der Waals surface area contributed by atoms with Gasteiger partial charge in [0, 0.05) is 24.5 Å². The fourth-order valence-electron chi connectivity index (χ4n) is 1.94. The molecule has 1 heterocycles. The number of nitrogens with one attached hydrogen (secondary N) is 1. The lowest BCUT2D eigenvalue weighted by Crippen LogP contribution is -2.29. The Hall–Kier alpha value is -1.36. The summed E-state index contributed by atoms with van der Waals surface area (Å²) in [4.78, 5) is 16.2. The topological polar surface area (TPSA) is 72.9 Å². The molecule has 3 N–H and O–H groups in total. The molecule has 1 fully saturated rings. The van der Waals surface area contributed by atoms with Crippen LogP contribution in [0, 0.1) is 0 Å². The van der Waals surface area contributed by atoms with Crippen molar-refractivity contribution in [3.63, 3.8) is 0 Å². The molecule has 1 unspecified atom stereocenters. The summed E-state index contributed by atoms with van der Waals surface area (Å²) in [6, 6.07) is 0.621. The van der Waals surface area contributed by atoms with Crippen molar-refractivity contribution >= 4 is 5.82 Å². The molecule has 1 aromatic heterocycles. The van der Waals surface area contributed by atoms with Crippen LogP contribution in [0.15, 0.2) is 17.2 Å². The summed E-state index contributed by atoms with van der Waals surface area (Å²) in [6.07, 6.45) is 7.46. The molecule has 1 aliphatic carbocycles. The van der Waals surface area contributed by atoms with Gasteiger partial charge < -0.3 is 15.6 Å². The first-order chi connectivity index (χ1) is 8.26. The van der Waals surface area contributed by atoms with E-state index in [2.05, 4.69) is 17.2 Å². The van der Waals surface area contributed by atoms with Crippen LogP contribution in [0.3, 0.4) is 0 Å². The monoisotopic (exact) mass is 236 g/mol. The Balaban J connectivity index is 2.14. The van der Waals surface area contributed by atoms with Gasteiger partial charge in [-0.2, -0.15) is 0 Å². The van der Waals surface area contributed by atoms with Gasteiger partial charge in [-0.15, -0.1) is 0 Å². The minimum atomic E-state index is -0.00882. The summed E-state index contributed by atoms with van der Waals surface area (Å²) in [7, 11) is 0. The Bertz CT molecular complexity index is 425. The molecule has 17 heavy (non-hydrogen) atoms. The smallest absolute Gasteiger partial charge is 0.293 e. The molecule has 0 amide bonds. The third kappa shape index (κ3) is 2.85. The molecule has 94 valence electrons. The van der Waals surface area contributed by atoms with Gasteiger partial charge in [-0.05, 0) is 32.2 Å². The van der Waals surface area contributed by atoms with E-state index in [1.807, 2.05) is 0 Å². The average molecular weight is 236 g/mol. The maximum Gasteiger partial charge on any atom is 0.293 e. The molecule has 0 spiro atoms. The lowest BCUT2D eigenvalue weighted by Gasteiger charge is -2.16. The van der Waals surface area contributed by atoms with Gasteiger partial charge in [0.2, 0.25) is 0 Å². The molecule has 1 saturated carbocycles. The van der Waals surface area contributed by atoms with Gasteiger partial charge in [-0.3, -0.25) is 4.79 Å². The SMILES string of the molecule is CCC(CCN)Nc1nccn(C2CC2)c1=O. The molecule has 0 radical (unpaired) electrons. The fourth-order valence-corrected chi connectivity index (χ4v) is 1.94. The highest BCUT2D eigenvalue weighted by Crippen LogP contribution is 2.33. The van der Waals surface area contributed by atoms with Crippen LogP contribution < -0.4 is 16.6 Å². The number of hydrogen-bond acceptors (Lipinski definition) is 4. The van der Waals surface area contributed by atoms with Crippen molar-refractivity contribution in [2.75, 3.05) is 11.9 Å². The van der Waals surface area contributed by atoms with E-state index >= 15 is 0 Å². The number of rotatable bonds is 6. The van der Waals surface area contributed by atoms with Crippen LogP contribution in [0.2, 0.25) is 0 Å². The predicted octanol–water partition coefficient (Wildman–Crippen LogP) is 1.12. The van der Waals surface area contributed by atoms with Crippen LogP contribution in [0.1, 0.15) is 38.6 Å². The van der Waals surface area contributed by atoms with E-state index in [4.69, 9.17) is 5.73 Å². The van der Waals surface area contributed by atoms with Crippen molar-refractivity contribution in [3.8, 4) is 0 Å². The van der Waals surface area contributed by atoms with Crippen LogP contribution in [0.5, 0.6) is 0 Å². The van der Waals surface area contributed by atoms with E-state index in [0.717, 1.165) is 25.7 Å². The van der Waals surface area contributed by atoms with Crippen molar-refractivity contribution in [3.05, 3.63) is 22.7 Å². The predicted molar refractivity (Wildman–Crippen MR) is 68.1 cm³/mol. The zero-order valence-electron chi connectivity index (χ0n) is 10.2. The Morgan fingerprint density at radius 1 is 1.65 bits per heavy atom. The highest BCUT2D eigenvalue weighted by molar-refractivity contribution is 5.32. The molecule has 2 rings (SSSR count). The molecule has 1 aromatic rings.